The first-order valence-electron chi connectivity index (χ1n) is 7.80. The normalized spacial score (nSPS) is 12.2. The van der Waals surface area contributed by atoms with Crippen LogP contribution in [0.2, 0.25) is 0 Å². The zero-order valence-corrected chi connectivity index (χ0v) is 15.4. The van der Waals surface area contributed by atoms with Crippen molar-refractivity contribution in [2.45, 2.75) is 18.0 Å². The van der Waals surface area contributed by atoms with Gasteiger partial charge in [0.25, 0.3) is 0 Å². The Labute approximate surface area is 148 Å². The smallest absolute Gasteiger partial charge is 0.242 e. The van der Waals surface area contributed by atoms with Gasteiger partial charge in [0.05, 0.1) is 17.1 Å². The number of aromatic nitrogens is 1. The topological polar surface area (TPSA) is 86.7 Å². The van der Waals surface area contributed by atoms with Crippen molar-refractivity contribution >= 4 is 16.0 Å². The summed E-state index contributed by atoms with van der Waals surface area (Å²) in [6.45, 7) is 0.864. The molecule has 25 heavy (non-hydrogen) atoms. The number of hydrogen-bond acceptors (Lipinski definition) is 4. The first-order chi connectivity index (χ1) is 11.9. The third-order valence-corrected chi connectivity index (χ3v) is 5.48. The number of rotatable bonds is 6. The average Bonchev–Trinajstić information content (AvgIpc) is 2.63. The van der Waals surface area contributed by atoms with E-state index in [1.165, 1.54) is 18.4 Å². The van der Waals surface area contributed by atoms with Gasteiger partial charge < -0.3 is 10.6 Å². The van der Waals surface area contributed by atoms with Crippen LogP contribution in [0, 0.1) is 0 Å². The van der Waals surface area contributed by atoms with Gasteiger partial charge in [0, 0.05) is 33.9 Å². The van der Waals surface area contributed by atoms with Gasteiger partial charge in [0.1, 0.15) is 0 Å². The van der Waals surface area contributed by atoms with Gasteiger partial charge in [-0.2, -0.15) is 0 Å². The molecule has 134 valence electrons. The van der Waals surface area contributed by atoms with E-state index in [4.69, 9.17) is 0 Å². The van der Waals surface area contributed by atoms with Crippen molar-refractivity contribution in [1.82, 2.24) is 19.9 Å². The lowest BCUT2D eigenvalue weighted by molar-refractivity contribution is 0.519. The van der Waals surface area contributed by atoms with Crippen molar-refractivity contribution < 1.29 is 8.42 Å². The lowest BCUT2D eigenvalue weighted by Crippen LogP contribution is -2.37. The SMILES string of the molecule is CN=C(NCc1ccccn1)NCc1ccccc1S(=O)(=O)N(C)C. The Bertz CT molecular complexity index is 820. The lowest BCUT2D eigenvalue weighted by Gasteiger charge is -2.16. The molecule has 1 heterocycles. The van der Waals surface area contributed by atoms with Gasteiger partial charge in [-0.15, -0.1) is 0 Å². The number of guanidine groups is 1. The molecule has 7 nitrogen and oxygen atoms in total. The Kier molecular flexibility index (Phi) is 6.49. The number of sulfonamides is 1. The van der Waals surface area contributed by atoms with Gasteiger partial charge in [-0.3, -0.25) is 9.98 Å². The Morgan fingerprint density at radius 1 is 1.08 bits per heavy atom. The van der Waals surface area contributed by atoms with Crippen molar-refractivity contribution in [2.75, 3.05) is 21.1 Å². The predicted molar refractivity (Wildman–Crippen MR) is 98.6 cm³/mol. The van der Waals surface area contributed by atoms with Crippen molar-refractivity contribution in [3.63, 3.8) is 0 Å². The van der Waals surface area contributed by atoms with Gasteiger partial charge in [0.2, 0.25) is 10.0 Å². The lowest BCUT2D eigenvalue weighted by atomic mass is 10.2. The monoisotopic (exact) mass is 361 g/mol. The predicted octanol–water partition coefficient (Wildman–Crippen LogP) is 1.20. The first-order valence-corrected chi connectivity index (χ1v) is 9.24. The third-order valence-electron chi connectivity index (χ3n) is 3.56. The molecular formula is C17H23N5O2S. The highest BCUT2D eigenvalue weighted by Crippen LogP contribution is 2.18. The van der Waals surface area contributed by atoms with E-state index < -0.39 is 10.0 Å². The average molecular weight is 361 g/mol. The van der Waals surface area contributed by atoms with E-state index in [2.05, 4.69) is 20.6 Å². The highest BCUT2D eigenvalue weighted by molar-refractivity contribution is 7.89. The van der Waals surface area contributed by atoms with E-state index in [-0.39, 0.29) is 4.90 Å². The van der Waals surface area contributed by atoms with Crippen LogP contribution in [0.15, 0.2) is 58.5 Å². The molecule has 0 saturated heterocycles. The maximum absolute atomic E-state index is 12.4. The third kappa shape index (κ3) is 5.01. The summed E-state index contributed by atoms with van der Waals surface area (Å²) < 4.78 is 26.1. The molecule has 0 aliphatic heterocycles. The highest BCUT2D eigenvalue weighted by atomic mass is 32.2. The number of benzene rings is 1. The van der Waals surface area contributed by atoms with Crippen LogP contribution in [0.3, 0.4) is 0 Å². The van der Waals surface area contributed by atoms with Gasteiger partial charge in [-0.25, -0.2) is 12.7 Å². The molecule has 1 aromatic heterocycles. The Morgan fingerprint density at radius 2 is 1.76 bits per heavy atom. The fourth-order valence-corrected chi connectivity index (χ4v) is 3.29. The van der Waals surface area contributed by atoms with Crippen LogP contribution in [0.25, 0.3) is 0 Å². The molecule has 2 rings (SSSR count). The zero-order valence-electron chi connectivity index (χ0n) is 14.6. The van der Waals surface area contributed by atoms with Crippen LogP contribution in [-0.2, 0) is 23.1 Å². The number of aliphatic imine (C=N–C) groups is 1. The van der Waals surface area contributed by atoms with Crippen LogP contribution >= 0.6 is 0 Å². The van der Waals surface area contributed by atoms with Crippen molar-refractivity contribution in [3.05, 3.63) is 59.9 Å². The summed E-state index contributed by atoms with van der Waals surface area (Å²) in [6, 6.07) is 12.6. The van der Waals surface area contributed by atoms with E-state index in [0.29, 0.717) is 24.6 Å². The van der Waals surface area contributed by atoms with Crippen LogP contribution in [0.1, 0.15) is 11.3 Å². The summed E-state index contributed by atoms with van der Waals surface area (Å²) in [6.07, 6.45) is 1.73. The van der Waals surface area contributed by atoms with Crippen LogP contribution in [0.4, 0.5) is 0 Å². The molecule has 8 heteroatoms. The maximum atomic E-state index is 12.4. The molecular weight excluding hydrogens is 338 g/mol. The quantitative estimate of drug-likeness (QED) is 0.596. The second-order valence-corrected chi connectivity index (χ2v) is 7.62. The molecule has 2 N–H and O–H groups in total. The molecule has 0 amide bonds. The molecule has 0 fully saturated rings. The van der Waals surface area contributed by atoms with Crippen molar-refractivity contribution in [2.24, 2.45) is 4.99 Å². The van der Waals surface area contributed by atoms with Gasteiger partial charge in [-0.05, 0) is 23.8 Å². The van der Waals surface area contributed by atoms with Crippen molar-refractivity contribution in [1.29, 1.82) is 0 Å². The minimum absolute atomic E-state index is 0.285. The molecule has 0 aliphatic carbocycles. The molecule has 0 atom stereocenters. The summed E-state index contributed by atoms with van der Waals surface area (Å²) in [5, 5.41) is 6.29. The fraction of sp³-hybridized carbons (Fsp3) is 0.294. The van der Waals surface area contributed by atoms with Gasteiger partial charge >= 0.3 is 0 Å². The Morgan fingerprint density at radius 3 is 2.40 bits per heavy atom. The highest BCUT2D eigenvalue weighted by Gasteiger charge is 2.20. The Hall–Kier alpha value is -2.45. The molecule has 0 bridgehead atoms. The first kappa shape index (κ1) is 18.9. The molecule has 0 radical (unpaired) electrons. The molecule has 0 unspecified atom stereocenters. The summed E-state index contributed by atoms with van der Waals surface area (Å²) in [5.74, 6) is 0.572. The molecule has 2 aromatic rings. The second kappa shape index (κ2) is 8.59. The maximum Gasteiger partial charge on any atom is 0.242 e. The van der Waals surface area contributed by atoms with Gasteiger partial charge in [-0.1, -0.05) is 24.3 Å². The summed E-state index contributed by atoms with van der Waals surface area (Å²) in [4.78, 5) is 8.68. The molecule has 0 aliphatic rings. The Balaban J connectivity index is 2.05. The van der Waals surface area contributed by atoms with Crippen LogP contribution in [-0.4, -0.2) is 44.8 Å². The summed E-state index contributed by atoms with van der Waals surface area (Å²) >= 11 is 0. The molecule has 0 spiro atoms. The van der Waals surface area contributed by atoms with Crippen LogP contribution in [0.5, 0.6) is 0 Å². The largest absolute Gasteiger partial charge is 0.352 e. The van der Waals surface area contributed by atoms with E-state index in [1.807, 2.05) is 24.3 Å². The number of nitrogens with one attached hydrogen (secondary N) is 2. The second-order valence-electron chi connectivity index (χ2n) is 5.50. The van der Waals surface area contributed by atoms with E-state index in [1.54, 1.807) is 31.4 Å². The number of hydrogen-bond donors (Lipinski definition) is 2. The van der Waals surface area contributed by atoms with Crippen molar-refractivity contribution in [3.8, 4) is 0 Å². The van der Waals surface area contributed by atoms with Gasteiger partial charge in [0.15, 0.2) is 5.96 Å². The minimum atomic E-state index is -3.49. The molecule has 0 saturated carbocycles. The summed E-state index contributed by atoms with van der Waals surface area (Å²) in [7, 11) is 1.21. The summed E-state index contributed by atoms with van der Waals surface area (Å²) in [5.41, 5.74) is 1.57. The fourth-order valence-electron chi connectivity index (χ4n) is 2.17. The zero-order chi connectivity index (χ0) is 18.3. The van der Waals surface area contributed by atoms with E-state index in [0.717, 1.165) is 5.69 Å². The van der Waals surface area contributed by atoms with E-state index >= 15 is 0 Å². The van der Waals surface area contributed by atoms with Crippen LogP contribution < -0.4 is 10.6 Å². The number of pyridine rings is 1. The standard InChI is InChI=1S/C17H23N5O2S/c1-18-17(21-13-15-9-6-7-11-19-15)20-12-14-8-4-5-10-16(14)25(23,24)22(2)3/h4-11H,12-13H2,1-3H3,(H2,18,20,21). The minimum Gasteiger partial charge on any atom is -0.352 e. The van der Waals surface area contributed by atoms with E-state index in [9.17, 15) is 8.42 Å². The molecule has 1 aromatic carbocycles. The number of nitrogens with zero attached hydrogens (tertiary/aromatic N) is 3.